The summed E-state index contributed by atoms with van der Waals surface area (Å²) in [4.78, 5) is 39.8. The molecule has 1 N–H and O–H groups in total. The SMILES string of the molecule is CCOC(=O)Oc1ccc(C(=O)N2CCN(C(=O)c3ccccc3O)CC2)cc1. The lowest BCUT2D eigenvalue weighted by molar-refractivity contribution is 0.0533. The molecule has 29 heavy (non-hydrogen) atoms. The molecule has 0 saturated carbocycles. The van der Waals surface area contributed by atoms with E-state index in [4.69, 9.17) is 9.47 Å². The molecule has 1 aliphatic heterocycles. The molecule has 3 rings (SSSR count). The molecular formula is C21H22N2O6. The predicted octanol–water partition coefficient (Wildman–Crippen LogP) is 2.53. The van der Waals surface area contributed by atoms with E-state index in [1.165, 1.54) is 18.2 Å². The minimum Gasteiger partial charge on any atom is -0.507 e. The number of hydrogen-bond acceptors (Lipinski definition) is 6. The fourth-order valence-corrected chi connectivity index (χ4v) is 3.03. The van der Waals surface area contributed by atoms with E-state index >= 15 is 0 Å². The Hall–Kier alpha value is -3.55. The van der Waals surface area contributed by atoms with E-state index in [1.54, 1.807) is 47.1 Å². The van der Waals surface area contributed by atoms with Gasteiger partial charge in [0.25, 0.3) is 11.8 Å². The molecule has 0 spiro atoms. The second-order valence-corrected chi connectivity index (χ2v) is 6.41. The van der Waals surface area contributed by atoms with Crippen LogP contribution in [0.4, 0.5) is 4.79 Å². The molecule has 0 radical (unpaired) electrons. The van der Waals surface area contributed by atoms with Gasteiger partial charge >= 0.3 is 6.16 Å². The van der Waals surface area contributed by atoms with Crippen molar-refractivity contribution in [2.75, 3.05) is 32.8 Å². The van der Waals surface area contributed by atoms with Crippen LogP contribution in [0, 0.1) is 0 Å². The van der Waals surface area contributed by atoms with Crippen LogP contribution in [0.1, 0.15) is 27.6 Å². The summed E-state index contributed by atoms with van der Waals surface area (Å²) in [6.07, 6.45) is -0.795. The molecule has 1 saturated heterocycles. The van der Waals surface area contributed by atoms with E-state index < -0.39 is 6.16 Å². The quantitative estimate of drug-likeness (QED) is 0.628. The summed E-state index contributed by atoms with van der Waals surface area (Å²) in [5, 5.41) is 9.86. The van der Waals surface area contributed by atoms with Crippen molar-refractivity contribution in [3.8, 4) is 11.5 Å². The number of nitrogens with zero attached hydrogens (tertiary/aromatic N) is 2. The van der Waals surface area contributed by atoms with Gasteiger partial charge in [0, 0.05) is 31.7 Å². The summed E-state index contributed by atoms with van der Waals surface area (Å²) in [6, 6.07) is 12.6. The predicted molar refractivity (Wildman–Crippen MR) is 104 cm³/mol. The molecule has 0 aliphatic carbocycles. The van der Waals surface area contributed by atoms with Gasteiger partial charge in [0.2, 0.25) is 0 Å². The zero-order valence-electron chi connectivity index (χ0n) is 16.0. The van der Waals surface area contributed by atoms with Crippen LogP contribution >= 0.6 is 0 Å². The number of benzene rings is 2. The van der Waals surface area contributed by atoms with Gasteiger partial charge in [-0.15, -0.1) is 0 Å². The number of hydrogen-bond donors (Lipinski definition) is 1. The Labute approximate surface area is 168 Å². The first-order chi connectivity index (χ1) is 14.0. The molecule has 2 aromatic carbocycles. The topological polar surface area (TPSA) is 96.4 Å². The molecule has 0 atom stereocenters. The molecule has 2 aromatic rings. The number of aromatic hydroxyl groups is 1. The van der Waals surface area contributed by atoms with Gasteiger partial charge in [-0.2, -0.15) is 0 Å². The molecular weight excluding hydrogens is 376 g/mol. The van der Waals surface area contributed by atoms with Crippen LogP contribution in [0.15, 0.2) is 48.5 Å². The van der Waals surface area contributed by atoms with Gasteiger partial charge in [0.15, 0.2) is 0 Å². The average molecular weight is 398 g/mol. The van der Waals surface area contributed by atoms with Crippen LogP contribution < -0.4 is 4.74 Å². The first-order valence-electron chi connectivity index (χ1n) is 9.30. The standard InChI is InChI=1S/C21H22N2O6/c1-2-28-21(27)29-16-9-7-15(8-10-16)19(25)22-11-13-23(14-12-22)20(26)17-5-3-4-6-18(17)24/h3-10,24H,2,11-14H2,1H3. The maximum absolute atomic E-state index is 12.7. The highest BCUT2D eigenvalue weighted by Gasteiger charge is 2.26. The smallest absolute Gasteiger partial charge is 0.507 e. The summed E-state index contributed by atoms with van der Waals surface area (Å²) in [5.41, 5.74) is 0.714. The highest BCUT2D eigenvalue weighted by molar-refractivity contribution is 5.97. The third-order valence-electron chi connectivity index (χ3n) is 4.55. The third-order valence-corrected chi connectivity index (χ3v) is 4.55. The number of amides is 2. The maximum atomic E-state index is 12.7. The van der Waals surface area contributed by atoms with Gasteiger partial charge in [0.05, 0.1) is 12.2 Å². The van der Waals surface area contributed by atoms with Crippen LogP contribution in [-0.2, 0) is 4.74 Å². The van der Waals surface area contributed by atoms with E-state index in [-0.39, 0.29) is 35.5 Å². The van der Waals surface area contributed by atoms with Crippen molar-refractivity contribution < 1.29 is 29.0 Å². The zero-order chi connectivity index (χ0) is 20.8. The van der Waals surface area contributed by atoms with Gasteiger partial charge < -0.3 is 24.4 Å². The number of para-hydroxylation sites is 1. The van der Waals surface area contributed by atoms with E-state index in [9.17, 15) is 19.5 Å². The van der Waals surface area contributed by atoms with Crippen LogP contribution in [0.3, 0.4) is 0 Å². The second-order valence-electron chi connectivity index (χ2n) is 6.41. The molecule has 1 fully saturated rings. The van der Waals surface area contributed by atoms with Crippen LogP contribution in [0.5, 0.6) is 11.5 Å². The van der Waals surface area contributed by atoms with Gasteiger partial charge in [-0.05, 0) is 43.3 Å². The Morgan fingerprint density at radius 1 is 0.897 bits per heavy atom. The fourth-order valence-electron chi connectivity index (χ4n) is 3.03. The first kappa shape index (κ1) is 20.2. The Morgan fingerprint density at radius 3 is 2.07 bits per heavy atom. The number of phenolic OH excluding ortho intramolecular Hbond substituents is 1. The summed E-state index contributed by atoms with van der Waals surface area (Å²) < 4.78 is 9.68. The van der Waals surface area contributed by atoms with Crippen molar-refractivity contribution in [1.29, 1.82) is 0 Å². The minimum absolute atomic E-state index is 0.0545. The summed E-state index contributed by atoms with van der Waals surface area (Å²) in [5.74, 6) is -0.183. The van der Waals surface area contributed by atoms with Crippen molar-refractivity contribution in [2.24, 2.45) is 0 Å². The third kappa shape index (κ3) is 4.84. The first-order valence-corrected chi connectivity index (χ1v) is 9.30. The van der Waals surface area contributed by atoms with Gasteiger partial charge in [-0.1, -0.05) is 12.1 Å². The number of phenols is 1. The van der Waals surface area contributed by atoms with Crippen molar-refractivity contribution in [3.63, 3.8) is 0 Å². The summed E-state index contributed by atoms with van der Waals surface area (Å²) >= 11 is 0. The molecule has 8 heteroatoms. The van der Waals surface area contributed by atoms with E-state index in [2.05, 4.69) is 0 Å². The summed E-state index contributed by atoms with van der Waals surface area (Å²) in [6.45, 7) is 3.43. The number of ether oxygens (including phenoxy) is 2. The molecule has 8 nitrogen and oxygen atoms in total. The van der Waals surface area contributed by atoms with E-state index in [1.807, 2.05) is 0 Å². The molecule has 1 heterocycles. The summed E-state index contributed by atoms with van der Waals surface area (Å²) in [7, 11) is 0. The number of piperazine rings is 1. The fraction of sp³-hybridized carbons (Fsp3) is 0.286. The van der Waals surface area contributed by atoms with Crippen molar-refractivity contribution in [2.45, 2.75) is 6.92 Å². The Morgan fingerprint density at radius 2 is 1.48 bits per heavy atom. The maximum Gasteiger partial charge on any atom is 0.513 e. The van der Waals surface area contributed by atoms with Gasteiger partial charge in [-0.3, -0.25) is 9.59 Å². The van der Waals surface area contributed by atoms with Gasteiger partial charge in [-0.25, -0.2) is 4.79 Å². The van der Waals surface area contributed by atoms with Crippen molar-refractivity contribution in [1.82, 2.24) is 9.80 Å². The lowest BCUT2D eigenvalue weighted by Gasteiger charge is -2.35. The molecule has 1 aliphatic rings. The van der Waals surface area contributed by atoms with Crippen LogP contribution in [-0.4, -0.2) is 65.7 Å². The monoisotopic (exact) mass is 398 g/mol. The van der Waals surface area contributed by atoms with E-state index in [0.717, 1.165) is 0 Å². The highest BCUT2D eigenvalue weighted by atomic mass is 16.7. The number of carbonyl (C=O) groups excluding carboxylic acids is 3. The second kappa shape index (κ2) is 9.09. The van der Waals surface area contributed by atoms with Gasteiger partial charge in [0.1, 0.15) is 11.5 Å². The van der Waals surface area contributed by atoms with Crippen LogP contribution in [0.2, 0.25) is 0 Å². The highest BCUT2D eigenvalue weighted by Crippen LogP contribution is 2.20. The molecule has 0 bridgehead atoms. The van der Waals surface area contributed by atoms with Crippen molar-refractivity contribution in [3.05, 3.63) is 59.7 Å². The average Bonchev–Trinajstić information content (AvgIpc) is 2.74. The Bertz CT molecular complexity index is 888. The lowest BCUT2D eigenvalue weighted by Crippen LogP contribution is -2.50. The lowest BCUT2D eigenvalue weighted by atomic mass is 10.1. The molecule has 2 amide bonds. The normalized spacial score (nSPS) is 13.7. The Kier molecular flexibility index (Phi) is 6.33. The zero-order valence-corrected chi connectivity index (χ0v) is 16.0. The minimum atomic E-state index is -0.795. The van der Waals surface area contributed by atoms with Crippen LogP contribution in [0.25, 0.3) is 0 Å². The largest absolute Gasteiger partial charge is 0.513 e. The number of carbonyl (C=O) groups is 3. The van der Waals surface area contributed by atoms with Crippen molar-refractivity contribution >= 4 is 18.0 Å². The molecule has 152 valence electrons. The Balaban J connectivity index is 1.56. The number of rotatable bonds is 4. The molecule has 0 unspecified atom stereocenters. The van der Waals surface area contributed by atoms with E-state index in [0.29, 0.717) is 31.7 Å². The molecule has 0 aromatic heterocycles.